The fraction of sp³-hybridized carbons (Fsp3) is 0.636. The highest BCUT2D eigenvalue weighted by Crippen LogP contribution is 2.64. The van der Waals surface area contributed by atoms with Crippen LogP contribution in [0.25, 0.3) is 0 Å². The molecule has 0 heterocycles. The number of phenols is 1. The lowest BCUT2D eigenvalue weighted by atomic mass is 9.51. The van der Waals surface area contributed by atoms with E-state index in [1.54, 1.807) is 7.11 Å². The Kier molecular flexibility index (Phi) is 7.77. The van der Waals surface area contributed by atoms with Crippen LogP contribution < -0.4 is 9.47 Å². The average molecular weight is 506 g/mol. The third-order valence-electron chi connectivity index (χ3n) is 10.5. The monoisotopic (exact) mass is 505 g/mol. The predicted octanol–water partition coefficient (Wildman–Crippen LogP) is 7.43. The normalized spacial score (nSPS) is 30.5. The van der Waals surface area contributed by atoms with Gasteiger partial charge in [-0.2, -0.15) is 0 Å². The summed E-state index contributed by atoms with van der Waals surface area (Å²) in [5, 5.41) is 10.0. The van der Waals surface area contributed by atoms with E-state index < -0.39 is 0 Å². The van der Waals surface area contributed by atoms with E-state index in [0.717, 1.165) is 68.3 Å². The lowest BCUT2D eigenvalue weighted by molar-refractivity contribution is 0.000862. The number of ether oxygens (including phenoxy) is 2. The fourth-order valence-corrected chi connectivity index (χ4v) is 8.49. The number of aromatic hydroxyl groups is 1. The zero-order valence-electron chi connectivity index (χ0n) is 23.6. The molecule has 0 bridgehead atoms. The summed E-state index contributed by atoms with van der Waals surface area (Å²) in [6, 6.07) is 12.6. The molecule has 202 valence electrons. The first-order chi connectivity index (χ1) is 17.9. The van der Waals surface area contributed by atoms with Crippen molar-refractivity contribution in [1.82, 2.24) is 4.90 Å². The van der Waals surface area contributed by atoms with Crippen molar-refractivity contribution in [2.45, 2.75) is 78.7 Å². The van der Waals surface area contributed by atoms with Gasteiger partial charge in [-0.3, -0.25) is 4.90 Å². The van der Waals surface area contributed by atoms with E-state index in [9.17, 15) is 5.11 Å². The van der Waals surface area contributed by atoms with Crippen molar-refractivity contribution in [3.8, 4) is 17.2 Å². The van der Waals surface area contributed by atoms with Crippen LogP contribution in [0.4, 0.5) is 0 Å². The minimum absolute atomic E-state index is 0.408. The van der Waals surface area contributed by atoms with E-state index in [1.807, 2.05) is 12.1 Å². The molecule has 5 unspecified atom stereocenters. The maximum Gasteiger partial charge on any atom is 0.161 e. The molecule has 4 nitrogen and oxygen atoms in total. The number of rotatable bonds is 9. The van der Waals surface area contributed by atoms with Gasteiger partial charge in [0.05, 0.1) is 13.7 Å². The van der Waals surface area contributed by atoms with Crippen molar-refractivity contribution in [2.24, 2.45) is 29.1 Å². The molecule has 3 aliphatic carbocycles. The largest absolute Gasteiger partial charge is 0.508 e. The highest BCUT2D eigenvalue weighted by atomic mass is 16.5. The Bertz CT molecular complexity index is 1080. The van der Waals surface area contributed by atoms with Crippen molar-refractivity contribution in [3.63, 3.8) is 0 Å². The third kappa shape index (κ3) is 4.99. The summed E-state index contributed by atoms with van der Waals surface area (Å²) in [5.41, 5.74) is 4.59. The van der Waals surface area contributed by atoms with Gasteiger partial charge in [-0.15, -0.1) is 0 Å². The Hall–Kier alpha value is -2.20. The van der Waals surface area contributed by atoms with E-state index in [4.69, 9.17) is 9.47 Å². The van der Waals surface area contributed by atoms with Gasteiger partial charge in [0.1, 0.15) is 5.75 Å². The molecule has 6 atom stereocenters. The number of benzene rings is 2. The van der Waals surface area contributed by atoms with Crippen LogP contribution in [0.15, 0.2) is 36.4 Å². The first-order valence-electron chi connectivity index (χ1n) is 14.7. The molecule has 2 aromatic carbocycles. The highest BCUT2D eigenvalue weighted by Gasteiger charge is 2.55. The predicted molar refractivity (Wildman–Crippen MR) is 150 cm³/mol. The SMILES string of the molecule is CCN(CC)Cc1ccc(OCCC2CCC3C4C(C)Cc5cc(O)ccc5C4CC[C@]23C)c(OC)c1. The van der Waals surface area contributed by atoms with Crippen molar-refractivity contribution in [1.29, 1.82) is 0 Å². The standard InChI is InChI=1S/C33H47NO3/c1-6-34(7-2)21-23-8-13-30(31(19-23)36-5)37-17-15-25-9-12-29-32-22(3)18-24-20-26(35)10-11-27(24)28(32)14-16-33(25,29)4/h8,10-11,13,19-20,22,25,28-29,32,35H,6-7,9,12,14-18,21H2,1-5H3/t22?,25?,28?,29?,32?,33-/m1/s1. The van der Waals surface area contributed by atoms with Gasteiger partial charge in [0.25, 0.3) is 0 Å². The van der Waals surface area contributed by atoms with Crippen LogP contribution in [0.5, 0.6) is 17.2 Å². The van der Waals surface area contributed by atoms with Gasteiger partial charge < -0.3 is 14.6 Å². The van der Waals surface area contributed by atoms with E-state index >= 15 is 0 Å². The number of methoxy groups -OCH3 is 1. The quantitative estimate of drug-likeness (QED) is 0.385. The minimum Gasteiger partial charge on any atom is -0.508 e. The average Bonchev–Trinajstić information content (AvgIpc) is 3.23. The minimum atomic E-state index is 0.408. The maximum atomic E-state index is 10.0. The van der Waals surface area contributed by atoms with Gasteiger partial charge in [0, 0.05) is 6.54 Å². The lowest BCUT2D eigenvalue weighted by Gasteiger charge is -2.53. The molecule has 0 radical (unpaired) electrons. The summed E-state index contributed by atoms with van der Waals surface area (Å²) in [4.78, 5) is 2.41. The molecular weight excluding hydrogens is 458 g/mol. The van der Waals surface area contributed by atoms with Gasteiger partial charge in [0.2, 0.25) is 0 Å². The molecule has 0 aliphatic heterocycles. The summed E-state index contributed by atoms with van der Waals surface area (Å²) in [7, 11) is 1.75. The van der Waals surface area contributed by atoms with E-state index in [0.29, 0.717) is 23.0 Å². The van der Waals surface area contributed by atoms with Crippen molar-refractivity contribution >= 4 is 0 Å². The van der Waals surface area contributed by atoms with E-state index in [1.165, 1.54) is 42.4 Å². The number of hydrogen-bond donors (Lipinski definition) is 1. The summed E-state index contributed by atoms with van der Waals surface area (Å²) in [5.74, 6) is 5.75. The molecule has 0 amide bonds. The van der Waals surface area contributed by atoms with E-state index in [-0.39, 0.29) is 0 Å². The molecule has 0 saturated heterocycles. The van der Waals surface area contributed by atoms with Gasteiger partial charge in [0.15, 0.2) is 11.5 Å². The molecule has 0 spiro atoms. The molecule has 37 heavy (non-hydrogen) atoms. The Morgan fingerprint density at radius 2 is 1.84 bits per heavy atom. The van der Waals surface area contributed by atoms with Gasteiger partial charge in [-0.25, -0.2) is 0 Å². The Morgan fingerprint density at radius 3 is 2.59 bits per heavy atom. The number of nitrogens with zero attached hydrogens (tertiary/aromatic N) is 1. The lowest BCUT2D eigenvalue weighted by Crippen LogP contribution is -2.45. The van der Waals surface area contributed by atoms with Gasteiger partial charge in [-0.1, -0.05) is 39.8 Å². The number of hydrogen-bond acceptors (Lipinski definition) is 4. The summed E-state index contributed by atoms with van der Waals surface area (Å²) in [6.45, 7) is 13.3. The number of phenolic OH excluding ortho intramolecular Hbond substituents is 1. The Labute approximate surface area is 224 Å². The van der Waals surface area contributed by atoms with Crippen LogP contribution in [0, 0.1) is 29.1 Å². The second-order valence-corrected chi connectivity index (χ2v) is 12.3. The van der Waals surface area contributed by atoms with Crippen LogP contribution >= 0.6 is 0 Å². The van der Waals surface area contributed by atoms with Crippen LogP contribution in [-0.2, 0) is 13.0 Å². The second-order valence-electron chi connectivity index (χ2n) is 12.3. The number of fused-ring (bicyclic) bond motifs is 5. The second kappa shape index (κ2) is 10.9. The highest BCUT2D eigenvalue weighted by molar-refractivity contribution is 5.43. The van der Waals surface area contributed by atoms with Crippen LogP contribution in [0.2, 0.25) is 0 Å². The molecule has 2 saturated carbocycles. The molecule has 2 fully saturated rings. The Morgan fingerprint density at radius 1 is 1.03 bits per heavy atom. The van der Waals surface area contributed by atoms with Gasteiger partial charge in [-0.05, 0) is 128 Å². The molecule has 2 aromatic rings. The first-order valence-corrected chi connectivity index (χ1v) is 14.7. The third-order valence-corrected chi connectivity index (χ3v) is 10.5. The molecule has 0 aromatic heterocycles. The van der Waals surface area contributed by atoms with Crippen LogP contribution in [-0.4, -0.2) is 36.8 Å². The van der Waals surface area contributed by atoms with Crippen LogP contribution in [0.1, 0.15) is 82.4 Å². The smallest absolute Gasteiger partial charge is 0.161 e. The van der Waals surface area contributed by atoms with Crippen molar-refractivity contribution in [2.75, 3.05) is 26.8 Å². The van der Waals surface area contributed by atoms with Crippen LogP contribution in [0.3, 0.4) is 0 Å². The molecule has 5 rings (SSSR count). The Balaban J connectivity index is 1.23. The molecular formula is C33H47NO3. The fourth-order valence-electron chi connectivity index (χ4n) is 8.49. The first kappa shape index (κ1) is 26.4. The summed E-state index contributed by atoms with van der Waals surface area (Å²) >= 11 is 0. The van der Waals surface area contributed by atoms with Gasteiger partial charge >= 0.3 is 0 Å². The zero-order valence-corrected chi connectivity index (χ0v) is 23.6. The topological polar surface area (TPSA) is 41.9 Å². The molecule has 1 N–H and O–H groups in total. The van der Waals surface area contributed by atoms with Crippen molar-refractivity contribution in [3.05, 3.63) is 53.1 Å². The van der Waals surface area contributed by atoms with Crippen molar-refractivity contribution < 1.29 is 14.6 Å². The zero-order chi connectivity index (χ0) is 26.2. The molecule has 3 aliphatic rings. The molecule has 4 heteroatoms. The summed E-state index contributed by atoms with van der Waals surface area (Å²) in [6.07, 6.45) is 7.48. The summed E-state index contributed by atoms with van der Waals surface area (Å²) < 4.78 is 12.1. The maximum absolute atomic E-state index is 10.0. The van der Waals surface area contributed by atoms with E-state index in [2.05, 4.69) is 56.9 Å².